The number of hydrogen-bond acceptors (Lipinski definition) is 6. The molecule has 3 rings (SSSR count). The predicted molar refractivity (Wildman–Crippen MR) is 104 cm³/mol. The molecule has 2 heterocycles. The van der Waals surface area contributed by atoms with Crippen LogP contribution in [0.4, 0.5) is 0 Å². The van der Waals surface area contributed by atoms with E-state index in [9.17, 15) is 14.4 Å². The van der Waals surface area contributed by atoms with Crippen LogP contribution in [0, 0.1) is 0 Å². The van der Waals surface area contributed by atoms with Gasteiger partial charge in [0.25, 0.3) is 5.91 Å². The molecule has 28 heavy (non-hydrogen) atoms. The van der Waals surface area contributed by atoms with Crippen molar-refractivity contribution < 1.29 is 23.9 Å². The summed E-state index contributed by atoms with van der Waals surface area (Å²) in [5.74, 6) is -0.421. The van der Waals surface area contributed by atoms with Gasteiger partial charge in [0, 0.05) is 26.0 Å². The molecule has 1 aliphatic rings. The van der Waals surface area contributed by atoms with Crippen LogP contribution in [0.2, 0.25) is 0 Å². The van der Waals surface area contributed by atoms with Gasteiger partial charge in [0.15, 0.2) is 4.80 Å². The van der Waals surface area contributed by atoms with E-state index in [1.54, 1.807) is 0 Å². The number of aromatic nitrogens is 1. The second kappa shape index (κ2) is 9.11. The number of nitrogens with zero attached hydrogens (tertiary/aromatic N) is 3. The summed E-state index contributed by atoms with van der Waals surface area (Å²) in [5, 5.41) is 0. The Hall–Kier alpha value is -2.52. The molecule has 0 radical (unpaired) electrons. The Balaban J connectivity index is 1.93. The van der Waals surface area contributed by atoms with E-state index in [0.29, 0.717) is 31.2 Å². The lowest BCUT2D eigenvalue weighted by Gasteiger charge is -2.10. The van der Waals surface area contributed by atoms with E-state index in [1.165, 1.54) is 11.3 Å². The topological polar surface area (TPSA) is 90.2 Å². The summed E-state index contributed by atoms with van der Waals surface area (Å²) in [6, 6.07) is 5.72. The van der Waals surface area contributed by atoms with Crippen molar-refractivity contribution in [3.05, 3.63) is 23.0 Å². The maximum Gasteiger partial charge on any atom is 0.268 e. The second-order valence-electron chi connectivity index (χ2n) is 6.17. The van der Waals surface area contributed by atoms with E-state index in [2.05, 4.69) is 4.99 Å². The highest BCUT2D eigenvalue weighted by Gasteiger charge is 2.30. The highest BCUT2D eigenvalue weighted by atomic mass is 32.1. The van der Waals surface area contributed by atoms with Crippen molar-refractivity contribution in [1.82, 2.24) is 9.47 Å². The van der Waals surface area contributed by atoms with Gasteiger partial charge in [-0.2, -0.15) is 4.99 Å². The first-order chi connectivity index (χ1) is 13.5. The highest BCUT2D eigenvalue weighted by Crippen LogP contribution is 2.23. The van der Waals surface area contributed by atoms with Crippen LogP contribution >= 0.6 is 11.3 Å². The third-order valence-electron chi connectivity index (χ3n) is 4.30. The van der Waals surface area contributed by atoms with Crippen LogP contribution in [0.25, 0.3) is 10.2 Å². The van der Waals surface area contributed by atoms with Crippen molar-refractivity contribution in [3.8, 4) is 5.75 Å². The lowest BCUT2D eigenvalue weighted by molar-refractivity contribution is -0.141. The molecule has 0 spiro atoms. The summed E-state index contributed by atoms with van der Waals surface area (Å²) < 4.78 is 13.8. The Bertz CT molecular complexity index is 946. The molecule has 1 aliphatic heterocycles. The molecule has 1 saturated heterocycles. The van der Waals surface area contributed by atoms with Gasteiger partial charge in [0.1, 0.15) is 12.3 Å². The molecular formula is C19H23N3O5S. The first-order valence-electron chi connectivity index (χ1n) is 9.28. The van der Waals surface area contributed by atoms with Crippen molar-refractivity contribution in [2.75, 3.05) is 26.4 Å². The fourth-order valence-electron chi connectivity index (χ4n) is 2.99. The molecule has 8 nitrogen and oxygen atoms in total. The van der Waals surface area contributed by atoms with E-state index >= 15 is 0 Å². The SMILES string of the molecule is CCOCCn1c(=NC(=O)CN2C(=O)CCC2=O)sc2cc(OCC)ccc21. The summed E-state index contributed by atoms with van der Waals surface area (Å²) in [6.07, 6.45) is 0.313. The van der Waals surface area contributed by atoms with Crippen molar-refractivity contribution in [3.63, 3.8) is 0 Å². The molecule has 1 aromatic carbocycles. The summed E-state index contributed by atoms with van der Waals surface area (Å²) in [6.45, 7) is 5.71. The number of carbonyl (C=O) groups is 3. The Kier molecular flexibility index (Phi) is 6.58. The zero-order chi connectivity index (χ0) is 20.1. The number of rotatable bonds is 8. The number of amides is 3. The largest absolute Gasteiger partial charge is 0.494 e. The average molecular weight is 405 g/mol. The van der Waals surface area contributed by atoms with Crippen LogP contribution in [0.5, 0.6) is 5.75 Å². The molecule has 0 aliphatic carbocycles. The standard InChI is InChI=1S/C19H23N3O5S/c1-3-26-10-9-21-14-6-5-13(27-4-2)11-15(14)28-19(21)20-16(23)12-22-17(24)7-8-18(22)25/h5-6,11H,3-4,7-10,12H2,1-2H3. The molecule has 0 atom stereocenters. The zero-order valence-corrected chi connectivity index (χ0v) is 16.8. The van der Waals surface area contributed by atoms with Crippen LogP contribution in [-0.4, -0.2) is 53.6 Å². The third-order valence-corrected chi connectivity index (χ3v) is 5.34. The monoisotopic (exact) mass is 405 g/mol. The second-order valence-corrected chi connectivity index (χ2v) is 7.18. The van der Waals surface area contributed by atoms with Gasteiger partial charge in [0.05, 0.1) is 23.4 Å². The first-order valence-corrected chi connectivity index (χ1v) is 10.1. The van der Waals surface area contributed by atoms with Crippen LogP contribution in [-0.2, 0) is 25.7 Å². The van der Waals surface area contributed by atoms with Crippen LogP contribution < -0.4 is 9.54 Å². The zero-order valence-electron chi connectivity index (χ0n) is 16.0. The highest BCUT2D eigenvalue weighted by molar-refractivity contribution is 7.16. The summed E-state index contributed by atoms with van der Waals surface area (Å²) in [4.78, 5) is 41.5. The van der Waals surface area contributed by atoms with Gasteiger partial charge >= 0.3 is 0 Å². The van der Waals surface area contributed by atoms with Crippen molar-refractivity contribution in [1.29, 1.82) is 0 Å². The minimum Gasteiger partial charge on any atom is -0.494 e. The Morgan fingerprint density at radius 2 is 1.93 bits per heavy atom. The number of fused-ring (bicyclic) bond motifs is 1. The molecule has 0 unspecified atom stereocenters. The predicted octanol–water partition coefficient (Wildman–Crippen LogP) is 1.71. The van der Waals surface area contributed by atoms with Gasteiger partial charge in [-0.15, -0.1) is 0 Å². The number of carbonyl (C=O) groups excluding carboxylic acids is 3. The lowest BCUT2D eigenvalue weighted by atomic mass is 10.3. The van der Waals surface area contributed by atoms with Crippen molar-refractivity contribution in [2.45, 2.75) is 33.2 Å². The number of likely N-dealkylation sites (tertiary alicyclic amines) is 1. The van der Waals surface area contributed by atoms with Gasteiger partial charge in [-0.1, -0.05) is 11.3 Å². The van der Waals surface area contributed by atoms with Gasteiger partial charge < -0.3 is 14.0 Å². The normalized spacial score (nSPS) is 15.1. The summed E-state index contributed by atoms with van der Waals surface area (Å²) in [7, 11) is 0. The first kappa shape index (κ1) is 20.2. The van der Waals surface area contributed by atoms with E-state index < -0.39 is 5.91 Å². The Labute approximate surface area is 166 Å². The van der Waals surface area contributed by atoms with E-state index in [4.69, 9.17) is 9.47 Å². The van der Waals surface area contributed by atoms with Crippen molar-refractivity contribution >= 4 is 39.3 Å². The fraction of sp³-hybridized carbons (Fsp3) is 0.474. The molecule has 0 saturated carbocycles. The maximum atomic E-state index is 12.4. The molecule has 1 aromatic heterocycles. The van der Waals surface area contributed by atoms with E-state index in [-0.39, 0.29) is 31.2 Å². The summed E-state index contributed by atoms with van der Waals surface area (Å²) in [5.41, 5.74) is 0.924. The fourth-order valence-corrected chi connectivity index (χ4v) is 4.09. The number of imide groups is 1. The number of thiazole rings is 1. The van der Waals surface area contributed by atoms with Gasteiger partial charge in [-0.3, -0.25) is 19.3 Å². The summed E-state index contributed by atoms with van der Waals surface area (Å²) >= 11 is 1.36. The third kappa shape index (κ3) is 4.48. The van der Waals surface area contributed by atoms with Gasteiger partial charge in [-0.25, -0.2) is 0 Å². The number of hydrogen-bond donors (Lipinski definition) is 0. The van der Waals surface area contributed by atoms with Gasteiger partial charge in [-0.05, 0) is 32.0 Å². The van der Waals surface area contributed by atoms with Crippen LogP contribution in [0.15, 0.2) is 23.2 Å². The quantitative estimate of drug-likeness (QED) is 0.493. The Morgan fingerprint density at radius 1 is 1.18 bits per heavy atom. The molecule has 0 N–H and O–H groups in total. The molecule has 2 aromatic rings. The van der Waals surface area contributed by atoms with Crippen molar-refractivity contribution in [2.24, 2.45) is 4.99 Å². The molecule has 1 fully saturated rings. The smallest absolute Gasteiger partial charge is 0.268 e. The number of benzene rings is 1. The number of ether oxygens (including phenoxy) is 2. The maximum absolute atomic E-state index is 12.4. The molecule has 0 bridgehead atoms. The Morgan fingerprint density at radius 3 is 2.61 bits per heavy atom. The molecule has 150 valence electrons. The van der Waals surface area contributed by atoms with Crippen LogP contribution in [0.3, 0.4) is 0 Å². The van der Waals surface area contributed by atoms with Crippen LogP contribution in [0.1, 0.15) is 26.7 Å². The van der Waals surface area contributed by atoms with Gasteiger partial charge in [0.2, 0.25) is 11.8 Å². The molecular weight excluding hydrogens is 382 g/mol. The van der Waals surface area contributed by atoms with E-state index in [0.717, 1.165) is 20.9 Å². The molecule has 9 heteroatoms. The molecule has 3 amide bonds. The lowest BCUT2D eigenvalue weighted by Crippen LogP contribution is -2.34. The minimum absolute atomic E-state index is 0.156. The van der Waals surface area contributed by atoms with E-state index in [1.807, 2.05) is 36.6 Å². The average Bonchev–Trinajstić information content (AvgIpc) is 3.16. The minimum atomic E-state index is -0.523.